The Kier molecular flexibility index (Phi) is 4.42. The first kappa shape index (κ1) is 14.8. The Bertz CT molecular complexity index is 620. The van der Waals surface area contributed by atoms with Gasteiger partial charge in [-0.25, -0.2) is 5.43 Å². The monoisotopic (exact) mass is 286 g/mol. The molecule has 5 heteroatoms. The fraction of sp³-hybridized carbons (Fsp3) is 0.250. The number of aromatic hydroxyl groups is 2. The molecule has 1 aliphatic carbocycles. The number of hydrogen-bond donors (Lipinski definition) is 3. The van der Waals surface area contributed by atoms with Crippen LogP contribution < -0.4 is 5.43 Å². The average molecular weight is 286 g/mol. The lowest BCUT2D eigenvalue weighted by Gasteiger charge is -2.28. The molecule has 1 atom stereocenters. The highest BCUT2D eigenvalue weighted by Crippen LogP contribution is 2.37. The summed E-state index contributed by atoms with van der Waals surface area (Å²) in [5, 5.41) is 23.5. The van der Waals surface area contributed by atoms with Crippen molar-refractivity contribution in [3.8, 4) is 11.5 Å². The number of hydrogen-bond acceptors (Lipinski definition) is 4. The predicted molar refractivity (Wildman–Crippen MR) is 81.3 cm³/mol. The van der Waals surface area contributed by atoms with Gasteiger partial charge in [-0.2, -0.15) is 5.10 Å². The zero-order valence-electron chi connectivity index (χ0n) is 11.8. The number of allylic oxidation sites excluding steroid dienone is 4. The van der Waals surface area contributed by atoms with Crippen LogP contribution in [0, 0.1) is 0 Å². The van der Waals surface area contributed by atoms with Crippen LogP contribution in [0.1, 0.15) is 25.3 Å². The number of phenolic OH excluding ortho intramolecular Hbond substituents is 2. The van der Waals surface area contributed by atoms with Crippen LogP contribution in [-0.2, 0) is 10.2 Å². The van der Waals surface area contributed by atoms with Crippen molar-refractivity contribution in [3.63, 3.8) is 0 Å². The SMILES string of the molecule is CCC(=O)NN=CC1(c2ccc(O)cc2O)C=CC=CC1. The number of amides is 1. The average Bonchev–Trinajstić information content (AvgIpc) is 2.47. The van der Waals surface area contributed by atoms with Crippen molar-refractivity contribution < 1.29 is 15.0 Å². The maximum atomic E-state index is 11.3. The quantitative estimate of drug-likeness (QED) is 0.587. The van der Waals surface area contributed by atoms with E-state index in [1.807, 2.05) is 24.3 Å². The summed E-state index contributed by atoms with van der Waals surface area (Å²) in [6, 6.07) is 4.46. The first-order valence-electron chi connectivity index (χ1n) is 6.77. The van der Waals surface area contributed by atoms with Gasteiger partial charge in [0.15, 0.2) is 0 Å². The fourth-order valence-electron chi connectivity index (χ4n) is 2.21. The highest BCUT2D eigenvalue weighted by Gasteiger charge is 2.30. The number of phenols is 2. The second-order valence-corrected chi connectivity index (χ2v) is 4.88. The van der Waals surface area contributed by atoms with Crippen LogP contribution in [0.4, 0.5) is 0 Å². The molecule has 0 heterocycles. The third kappa shape index (κ3) is 3.31. The van der Waals surface area contributed by atoms with Crippen LogP contribution in [0.3, 0.4) is 0 Å². The molecule has 1 aromatic carbocycles. The topological polar surface area (TPSA) is 81.9 Å². The molecule has 0 aromatic heterocycles. The van der Waals surface area contributed by atoms with Gasteiger partial charge in [-0.05, 0) is 12.5 Å². The molecule has 0 saturated heterocycles. The van der Waals surface area contributed by atoms with Crippen LogP contribution in [0.2, 0.25) is 0 Å². The Morgan fingerprint density at radius 2 is 2.24 bits per heavy atom. The zero-order chi connectivity index (χ0) is 15.3. The zero-order valence-corrected chi connectivity index (χ0v) is 11.8. The van der Waals surface area contributed by atoms with E-state index in [9.17, 15) is 15.0 Å². The molecule has 0 fully saturated rings. The second-order valence-electron chi connectivity index (χ2n) is 4.88. The standard InChI is InChI=1S/C16H18N2O3/c1-2-15(21)18-17-11-16(8-4-3-5-9-16)13-7-6-12(19)10-14(13)20/h3-8,10-11,19-20H,2,9H2,1H3,(H,18,21). The molecule has 1 aromatic rings. The summed E-state index contributed by atoms with van der Waals surface area (Å²) in [7, 11) is 0. The van der Waals surface area contributed by atoms with Crippen molar-refractivity contribution in [2.45, 2.75) is 25.2 Å². The van der Waals surface area contributed by atoms with Crippen molar-refractivity contribution in [1.82, 2.24) is 5.43 Å². The number of carbonyl (C=O) groups excluding carboxylic acids is 1. The molecule has 0 bridgehead atoms. The van der Waals surface area contributed by atoms with E-state index >= 15 is 0 Å². The Labute approximate surface area is 123 Å². The molecular weight excluding hydrogens is 268 g/mol. The molecule has 1 amide bonds. The van der Waals surface area contributed by atoms with Gasteiger partial charge in [0.05, 0.1) is 5.41 Å². The minimum Gasteiger partial charge on any atom is -0.508 e. The van der Waals surface area contributed by atoms with E-state index in [4.69, 9.17) is 0 Å². The van der Waals surface area contributed by atoms with Gasteiger partial charge < -0.3 is 10.2 Å². The molecule has 0 aliphatic heterocycles. The molecule has 0 saturated carbocycles. The number of nitrogens with one attached hydrogen (secondary N) is 1. The molecule has 2 rings (SSSR count). The highest BCUT2D eigenvalue weighted by atomic mass is 16.3. The molecule has 5 nitrogen and oxygen atoms in total. The lowest BCUT2D eigenvalue weighted by molar-refractivity contribution is -0.120. The largest absolute Gasteiger partial charge is 0.508 e. The van der Waals surface area contributed by atoms with Gasteiger partial charge in [0.2, 0.25) is 5.91 Å². The Hall–Kier alpha value is -2.56. The summed E-state index contributed by atoms with van der Waals surface area (Å²) in [6.07, 6.45) is 10.2. The van der Waals surface area contributed by atoms with Crippen LogP contribution in [0.15, 0.2) is 47.6 Å². The highest BCUT2D eigenvalue weighted by molar-refractivity contribution is 5.82. The summed E-state index contributed by atoms with van der Waals surface area (Å²) >= 11 is 0. The van der Waals surface area contributed by atoms with Crippen molar-refractivity contribution in [1.29, 1.82) is 0 Å². The smallest absolute Gasteiger partial charge is 0.239 e. The Morgan fingerprint density at radius 3 is 2.86 bits per heavy atom. The van der Waals surface area contributed by atoms with E-state index in [0.717, 1.165) is 0 Å². The molecule has 1 unspecified atom stereocenters. The first-order valence-corrected chi connectivity index (χ1v) is 6.77. The molecular formula is C16H18N2O3. The van der Waals surface area contributed by atoms with Gasteiger partial charge in [-0.1, -0.05) is 37.3 Å². The molecule has 21 heavy (non-hydrogen) atoms. The van der Waals surface area contributed by atoms with Crippen LogP contribution >= 0.6 is 0 Å². The summed E-state index contributed by atoms with van der Waals surface area (Å²) in [5.74, 6) is -0.187. The third-order valence-electron chi connectivity index (χ3n) is 3.38. The molecule has 0 radical (unpaired) electrons. The van der Waals surface area contributed by atoms with Crippen molar-refractivity contribution in [3.05, 3.63) is 48.1 Å². The molecule has 1 aliphatic rings. The Balaban J connectivity index is 2.36. The molecule has 3 N–H and O–H groups in total. The number of benzene rings is 1. The summed E-state index contributed by atoms with van der Waals surface area (Å²) in [6.45, 7) is 1.75. The van der Waals surface area contributed by atoms with E-state index in [0.29, 0.717) is 18.4 Å². The van der Waals surface area contributed by atoms with Gasteiger partial charge >= 0.3 is 0 Å². The lowest BCUT2D eigenvalue weighted by atomic mass is 9.76. The van der Waals surface area contributed by atoms with Gasteiger partial charge in [-0.15, -0.1) is 0 Å². The van der Waals surface area contributed by atoms with Crippen molar-refractivity contribution in [2.75, 3.05) is 0 Å². The van der Waals surface area contributed by atoms with Crippen molar-refractivity contribution >= 4 is 12.1 Å². The molecule has 0 spiro atoms. The van der Waals surface area contributed by atoms with Gasteiger partial charge in [0, 0.05) is 24.3 Å². The second kappa shape index (κ2) is 6.26. The normalized spacial score (nSPS) is 20.8. The summed E-state index contributed by atoms with van der Waals surface area (Å²) in [4.78, 5) is 11.3. The van der Waals surface area contributed by atoms with Crippen LogP contribution in [0.5, 0.6) is 11.5 Å². The number of carbonyl (C=O) groups is 1. The maximum absolute atomic E-state index is 11.3. The number of hydrazone groups is 1. The first-order chi connectivity index (χ1) is 10.1. The van der Waals surface area contributed by atoms with E-state index in [1.54, 1.807) is 19.2 Å². The number of nitrogens with zero attached hydrogens (tertiary/aromatic N) is 1. The van der Waals surface area contributed by atoms with Crippen molar-refractivity contribution in [2.24, 2.45) is 5.10 Å². The van der Waals surface area contributed by atoms with Gasteiger partial charge in [0.1, 0.15) is 11.5 Å². The molecule has 110 valence electrons. The number of rotatable bonds is 4. The maximum Gasteiger partial charge on any atom is 0.239 e. The fourth-order valence-corrected chi connectivity index (χ4v) is 2.21. The van der Waals surface area contributed by atoms with E-state index in [-0.39, 0.29) is 17.4 Å². The lowest BCUT2D eigenvalue weighted by Crippen LogP contribution is -2.28. The van der Waals surface area contributed by atoms with E-state index < -0.39 is 5.41 Å². The third-order valence-corrected chi connectivity index (χ3v) is 3.38. The Morgan fingerprint density at radius 1 is 1.43 bits per heavy atom. The minimum atomic E-state index is -0.645. The van der Waals surface area contributed by atoms with E-state index in [2.05, 4.69) is 10.5 Å². The van der Waals surface area contributed by atoms with Gasteiger partial charge in [0.25, 0.3) is 0 Å². The predicted octanol–water partition coefficient (Wildman–Crippen LogP) is 2.36. The summed E-state index contributed by atoms with van der Waals surface area (Å²) in [5.41, 5.74) is 2.42. The van der Waals surface area contributed by atoms with Gasteiger partial charge in [-0.3, -0.25) is 4.79 Å². The summed E-state index contributed by atoms with van der Waals surface area (Å²) < 4.78 is 0. The minimum absolute atomic E-state index is 0.00189. The van der Waals surface area contributed by atoms with E-state index in [1.165, 1.54) is 12.1 Å². The van der Waals surface area contributed by atoms with Crippen LogP contribution in [0.25, 0.3) is 0 Å². The van der Waals surface area contributed by atoms with Crippen LogP contribution in [-0.4, -0.2) is 22.3 Å².